The predicted molar refractivity (Wildman–Crippen MR) is 89.9 cm³/mol. The maximum Gasteiger partial charge on any atom is 0.115 e. The molecule has 2 nitrogen and oxygen atoms in total. The van der Waals surface area contributed by atoms with Crippen molar-refractivity contribution in [2.75, 3.05) is 5.32 Å². The Labute approximate surface area is 128 Å². The van der Waals surface area contributed by atoms with Gasteiger partial charge in [0.15, 0.2) is 0 Å². The molecule has 0 aliphatic heterocycles. The quantitative estimate of drug-likeness (QED) is 0.685. The van der Waals surface area contributed by atoms with Crippen LogP contribution in [0.4, 0.5) is 5.69 Å². The van der Waals surface area contributed by atoms with E-state index in [1.54, 1.807) is 23.5 Å². The van der Waals surface area contributed by atoms with Gasteiger partial charge in [0.1, 0.15) is 5.75 Å². The van der Waals surface area contributed by atoms with E-state index in [0.29, 0.717) is 5.75 Å². The zero-order valence-electron chi connectivity index (χ0n) is 11.8. The second kappa shape index (κ2) is 6.02. The molecule has 1 heterocycles. The number of benzene rings is 2. The average molecular weight is 295 g/mol. The fraction of sp³-hybridized carbons (Fsp3) is 0.111. The van der Waals surface area contributed by atoms with Gasteiger partial charge in [0, 0.05) is 22.2 Å². The predicted octanol–water partition coefficient (Wildman–Crippen LogP) is 5.29. The number of nitrogens with one attached hydrogen (secondary N) is 1. The maximum absolute atomic E-state index is 9.38. The van der Waals surface area contributed by atoms with Crippen LogP contribution < -0.4 is 5.32 Å². The minimum atomic E-state index is 0.173. The van der Waals surface area contributed by atoms with E-state index in [4.69, 9.17) is 0 Å². The van der Waals surface area contributed by atoms with Gasteiger partial charge in [-0.05, 0) is 42.1 Å². The molecule has 0 saturated carbocycles. The summed E-state index contributed by atoms with van der Waals surface area (Å²) >= 11 is 1.74. The van der Waals surface area contributed by atoms with Crippen molar-refractivity contribution < 1.29 is 5.11 Å². The van der Waals surface area contributed by atoms with E-state index in [1.165, 1.54) is 10.4 Å². The molecule has 3 aromatic rings. The van der Waals surface area contributed by atoms with Crippen LogP contribution in [0.2, 0.25) is 0 Å². The Morgan fingerprint density at radius 1 is 0.952 bits per heavy atom. The molecule has 21 heavy (non-hydrogen) atoms. The van der Waals surface area contributed by atoms with E-state index in [1.807, 2.05) is 18.2 Å². The maximum atomic E-state index is 9.38. The summed E-state index contributed by atoms with van der Waals surface area (Å²) in [6, 6.07) is 20.1. The van der Waals surface area contributed by atoms with E-state index >= 15 is 0 Å². The molecule has 3 heteroatoms. The molecule has 1 unspecified atom stereocenters. The highest BCUT2D eigenvalue weighted by molar-refractivity contribution is 7.13. The van der Waals surface area contributed by atoms with Crippen molar-refractivity contribution in [3.63, 3.8) is 0 Å². The lowest BCUT2D eigenvalue weighted by Gasteiger charge is -2.18. The summed E-state index contributed by atoms with van der Waals surface area (Å²) in [5.74, 6) is 0.296. The molecule has 0 saturated heterocycles. The topological polar surface area (TPSA) is 32.3 Å². The molecule has 1 atom stereocenters. The first kappa shape index (κ1) is 13.7. The summed E-state index contributed by atoms with van der Waals surface area (Å²) in [6.45, 7) is 2.12. The van der Waals surface area contributed by atoms with Crippen LogP contribution in [-0.2, 0) is 0 Å². The van der Waals surface area contributed by atoms with Gasteiger partial charge in [-0.3, -0.25) is 0 Å². The Morgan fingerprint density at radius 2 is 1.71 bits per heavy atom. The smallest absolute Gasteiger partial charge is 0.115 e. The molecule has 106 valence electrons. The number of hydrogen-bond acceptors (Lipinski definition) is 3. The van der Waals surface area contributed by atoms with Crippen LogP contribution in [0.5, 0.6) is 5.75 Å². The van der Waals surface area contributed by atoms with Crippen molar-refractivity contribution in [3.05, 3.63) is 71.6 Å². The number of aromatic hydroxyl groups is 1. The number of phenolic OH excluding ortho intramolecular Hbond substituents is 1. The van der Waals surface area contributed by atoms with Crippen LogP contribution in [0.3, 0.4) is 0 Å². The Balaban J connectivity index is 1.86. The standard InChI is InChI=1S/C18H17NOS/c1-13(14-8-10-15(20)11-9-14)19-17-6-3-2-5-16(17)18-7-4-12-21-18/h2-13,19-20H,1H3. The third kappa shape index (κ3) is 3.09. The first-order valence-electron chi connectivity index (χ1n) is 6.92. The van der Waals surface area contributed by atoms with Gasteiger partial charge in [0.05, 0.1) is 0 Å². The lowest BCUT2D eigenvalue weighted by Crippen LogP contribution is -2.07. The fourth-order valence-corrected chi connectivity index (χ4v) is 3.10. The molecule has 0 aliphatic rings. The lowest BCUT2D eigenvalue weighted by atomic mass is 10.1. The van der Waals surface area contributed by atoms with Gasteiger partial charge in [-0.15, -0.1) is 11.3 Å². The SMILES string of the molecule is CC(Nc1ccccc1-c1cccs1)c1ccc(O)cc1. The molecule has 3 rings (SSSR count). The summed E-state index contributed by atoms with van der Waals surface area (Å²) in [4.78, 5) is 1.26. The van der Waals surface area contributed by atoms with E-state index < -0.39 is 0 Å². The summed E-state index contributed by atoms with van der Waals surface area (Å²) in [7, 11) is 0. The van der Waals surface area contributed by atoms with Gasteiger partial charge >= 0.3 is 0 Å². The summed E-state index contributed by atoms with van der Waals surface area (Å²) in [6.07, 6.45) is 0. The Morgan fingerprint density at radius 3 is 2.43 bits per heavy atom. The van der Waals surface area contributed by atoms with Gasteiger partial charge in [-0.2, -0.15) is 0 Å². The van der Waals surface area contributed by atoms with Gasteiger partial charge in [-0.1, -0.05) is 36.4 Å². The minimum Gasteiger partial charge on any atom is -0.508 e. The molecule has 1 aromatic heterocycles. The Bertz CT molecular complexity index is 704. The normalized spacial score (nSPS) is 12.0. The van der Waals surface area contributed by atoms with Crippen LogP contribution in [0.1, 0.15) is 18.5 Å². The summed E-state index contributed by atoms with van der Waals surface area (Å²) in [5, 5.41) is 15.0. The van der Waals surface area contributed by atoms with Crippen LogP contribution in [0, 0.1) is 0 Å². The second-order valence-electron chi connectivity index (χ2n) is 4.98. The molecule has 2 aromatic carbocycles. The lowest BCUT2D eigenvalue weighted by molar-refractivity contribution is 0.475. The van der Waals surface area contributed by atoms with Crippen LogP contribution >= 0.6 is 11.3 Å². The number of hydrogen-bond donors (Lipinski definition) is 2. The third-order valence-corrected chi connectivity index (χ3v) is 4.38. The van der Waals surface area contributed by atoms with Gasteiger partial charge in [0.2, 0.25) is 0 Å². The largest absolute Gasteiger partial charge is 0.508 e. The number of thiophene rings is 1. The van der Waals surface area contributed by atoms with Crippen molar-refractivity contribution in [1.29, 1.82) is 0 Å². The second-order valence-corrected chi connectivity index (χ2v) is 5.93. The monoisotopic (exact) mass is 295 g/mol. The van der Waals surface area contributed by atoms with E-state index in [9.17, 15) is 5.11 Å². The van der Waals surface area contributed by atoms with Crippen molar-refractivity contribution in [2.24, 2.45) is 0 Å². The first-order valence-corrected chi connectivity index (χ1v) is 7.80. The highest BCUT2D eigenvalue weighted by Crippen LogP contribution is 2.33. The van der Waals surface area contributed by atoms with Crippen molar-refractivity contribution >= 4 is 17.0 Å². The highest BCUT2D eigenvalue weighted by atomic mass is 32.1. The van der Waals surface area contributed by atoms with Crippen molar-refractivity contribution in [1.82, 2.24) is 0 Å². The summed E-state index contributed by atoms with van der Waals surface area (Å²) in [5.41, 5.74) is 3.49. The van der Waals surface area contributed by atoms with Gasteiger partial charge < -0.3 is 10.4 Å². The number of para-hydroxylation sites is 1. The number of rotatable bonds is 4. The van der Waals surface area contributed by atoms with Crippen LogP contribution in [0.25, 0.3) is 10.4 Å². The zero-order chi connectivity index (χ0) is 14.7. The molecule has 0 bridgehead atoms. The fourth-order valence-electron chi connectivity index (χ4n) is 2.34. The van der Waals surface area contributed by atoms with E-state index in [0.717, 1.165) is 11.3 Å². The number of phenols is 1. The molecule has 2 N–H and O–H groups in total. The average Bonchev–Trinajstić information content (AvgIpc) is 3.02. The first-order chi connectivity index (χ1) is 10.2. The Kier molecular flexibility index (Phi) is 3.93. The van der Waals surface area contributed by atoms with Crippen LogP contribution in [-0.4, -0.2) is 5.11 Å². The van der Waals surface area contributed by atoms with Gasteiger partial charge in [-0.25, -0.2) is 0 Å². The zero-order valence-corrected chi connectivity index (χ0v) is 12.6. The van der Waals surface area contributed by atoms with Gasteiger partial charge in [0.25, 0.3) is 0 Å². The third-order valence-electron chi connectivity index (χ3n) is 3.48. The van der Waals surface area contributed by atoms with Crippen molar-refractivity contribution in [2.45, 2.75) is 13.0 Å². The summed E-state index contributed by atoms with van der Waals surface area (Å²) < 4.78 is 0. The highest BCUT2D eigenvalue weighted by Gasteiger charge is 2.10. The van der Waals surface area contributed by atoms with Crippen LogP contribution in [0.15, 0.2) is 66.0 Å². The van der Waals surface area contributed by atoms with E-state index in [2.05, 4.69) is 48.0 Å². The Hall–Kier alpha value is -2.26. The molecular weight excluding hydrogens is 278 g/mol. The van der Waals surface area contributed by atoms with E-state index in [-0.39, 0.29) is 6.04 Å². The molecule has 0 fully saturated rings. The molecule has 0 aliphatic carbocycles. The minimum absolute atomic E-state index is 0.173. The molecular formula is C18H17NOS. The molecule has 0 amide bonds. The number of anilines is 1. The molecule has 0 spiro atoms. The van der Waals surface area contributed by atoms with Crippen molar-refractivity contribution in [3.8, 4) is 16.2 Å². The molecule has 0 radical (unpaired) electrons.